The van der Waals surface area contributed by atoms with Gasteiger partial charge in [-0.05, 0) is 37.4 Å². The SMILES string of the molecule is CCCNCc1ccn(Cc2cncn2C2CC2)c1. The number of aromatic nitrogens is 3. The van der Waals surface area contributed by atoms with Crippen molar-refractivity contribution in [2.24, 2.45) is 0 Å². The normalized spacial score (nSPS) is 15.0. The summed E-state index contributed by atoms with van der Waals surface area (Å²) in [6.45, 7) is 5.16. The van der Waals surface area contributed by atoms with E-state index >= 15 is 0 Å². The predicted molar refractivity (Wildman–Crippen MR) is 76.0 cm³/mol. The molecule has 19 heavy (non-hydrogen) atoms. The van der Waals surface area contributed by atoms with Gasteiger partial charge in [0.25, 0.3) is 0 Å². The van der Waals surface area contributed by atoms with Gasteiger partial charge < -0.3 is 14.5 Å². The lowest BCUT2D eigenvalue weighted by atomic mass is 10.3. The van der Waals surface area contributed by atoms with Crippen LogP contribution in [0.3, 0.4) is 0 Å². The fraction of sp³-hybridized carbons (Fsp3) is 0.533. The van der Waals surface area contributed by atoms with Crippen LogP contribution >= 0.6 is 0 Å². The van der Waals surface area contributed by atoms with Gasteiger partial charge in [0.05, 0.1) is 18.6 Å². The van der Waals surface area contributed by atoms with E-state index < -0.39 is 0 Å². The zero-order valence-electron chi connectivity index (χ0n) is 11.5. The predicted octanol–water partition coefficient (Wildman–Crippen LogP) is 2.57. The molecule has 0 spiro atoms. The maximum Gasteiger partial charge on any atom is 0.0951 e. The number of hydrogen-bond acceptors (Lipinski definition) is 2. The van der Waals surface area contributed by atoms with E-state index in [0.29, 0.717) is 6.04 Å². The van der Waals surface area contributed by atoms with Crippen LogP contribution in [0.4, 0.5) is 0 Å². The molecule has 1 saturated carbocycles. The van der Waals surface area contributed by atoms with Crippen LogP contribution in [0.25, 0.3) is 0 Å². The zero-order valence-corrected chi connectivity index (χ0v) is 11.5. The van der Waals surface area contributed by atoms with Crippen LogP contribution in [-0.2, 0) is 13.1 Å². The molecule has 1 aliphatic carbocycles. The molecule has 0 bridgehead atoms. The van der Waals surface area contributed by atoms with E-state index in [2.05, 4.69) is 44.8 Å². The van der Waals surface area contributed by atoms with Gasteiger partial charge in [-0.1, -0.05) is 6.92 Å². The molecule has 0 amide bonds. The van der Waals surface area contributed by atoms with Gasteiger partial charge in [-0.2, -0.15) is 0 Å². The molecule has 0 aliphatic heterocycles. The Kier molecular flexibility index (Phi) is 3.69. The van der Waals surface area contributed by atoms with E-state index in [4.69, 9.17) is 0 Å². The van der Waals surface area contributed by atoms with Crippen LogP contribution in [0, 0.1) is 0 Å². The third-order valence-electron chi connectivity index (χ3n) is 3.60. The first-order chi connectivity index (χ1) is 9.36. The third-order valence-corrected chi connectivity index (χ3v) is 3.60. The minimum atomic E-state index is 0.707. The topological polar surface area (TPSA) is 34.8 Å². The van der Waals surface area contributed by atoms with E-state index in [-0.39, 0.29) is 0 Å². The van der Waals surface area contributed by atoms with Gasteiger partial charge in [-0.3, -0.25) is 0 Å². The lowest BCUT2D eigenvalue weighted by Crippen LogP contribution is -2.13. The highest BCUT2D eigenvalue weighted by atomic mass is 15.1. The van der Waals surface area contributed by atoms with Gasteiger partial charge >= 0.3 is 0 Å². The Bertz CT molecular complexity index is 522. The van der Waals surface area contributed by atoms with Crippen LogP contribution in [0.5, 0.6) is 0 Å². The summed E-state index contributed by atoms with van der Waals surface area (Å²) in [4.78, 5) is 4.28. The van der Waals surface area contributed by atoms with Crippen molar-refractivity contribution >= 4 is 0 Å². The fourth-order valence-corrected chi connectivity index (χ4v) is 2.43. The standard InChI is InChI=1S/C15H22N4/c1-2-6-16-8-13-5-7-18(10-13)11-15-9-17-12-19(15)14-3-4-14/h5,7,9-10,12,14,16H,2-4,6,8,11H2,1H3. The van der Waals surface area contributed by atoms with E-state index in [1.807, 2.05) is 12.5 Å². The number of nitrogens with one attached hydrogen (secondary N) is 1. The van der Waals surface area contributed by atoms with Gasteiger partial charge in [0.15, 0.2) is 0 Å². The Morgan fingerprint density at radius 2 is 2.32 bits per heavy atom. The molecular formula is C15H22N4. The van der Waals surface area contributed by atoms with Crippen molar-refractivity contribution in [2.45, 2.75) is 45.3 Å². The van der Waals surface area contributed by atoms with Crippen LogP contribution in [-0.4, -0.2) is 20.7 Å². The lowest BCUT2D eigenvalue weighted by molar-refractivity contribution is 0.652. The van der Waals surface area contributed by atoms with E-state index in [1.54, 1.807) is 0 Å². The average molecular weight is 258 g/mol. The first-order valence-electron chi connectivity index (χ1n) is 7.23. The largest absolute Gasteiger partial charge is 0.348 e. The Hall–Kier alpha value is -1.55. The molecule has 0 atom stereocenters. The second-order valence-corrected chi connectivity index (χ2v) is 5.39. The highest BCUT2D eigenvalue weighted by Crippen LogP contribution is 2.35. The number of nitrogens with zero attached hydrogens (tertiary/aromatic N) is 3. The number of imidazole rings is 1. The van der Waals surface area contributed by atoms with Gasteiger partial charge in [0.2, 0.25) is 0 Å². The lowest BCUT2D eigenvalue weighted by Gasteiger charge is -2.07. The third kappa shape index (κ3) is 3.07. The van der Waals surface area contributed by atoms with Crippen LogP contribution in [0.2, 0.25) is 0 Å². The smallest absolute Gasteiger partial charge is 0.0951 e. The summed E-state index contributed by atoms with van der Waals surface area (Å²) in [5, 5.41) is 3.43. The van der Waals surface area contributed by atoms with Gasteiger partial charge in [-0.15, -0.1) is 0 Å². The summed E-state index contributed by atoms with van der Waals surface area (Å²) in [5.41, 5.74) is 2.66. The molecule has 0 radical (unpaired) electrons. The maximum absolute atomic E-state index is 4.28. The molecule has 4 nitrogen and oxygen atoms in total. The van der Waals surface area contributed by atoms with Gasteiger partial charge in [0, 0.05) is 31.2 Å². The van der Waals surface area contributed by atoms with E-state index in [0.717, 1.165) is 19.6 Å². The van der Waals surface area contributed by atoms with Crippen molar-refractivity contribution in [3.8, 4) is 0 Å². The molecule has 3 rings (SSSR count). The molecule has 1 fully saturated rings. The molecule has 1 N–H and O–H groups in total. The molecule has 2 heterocycles. The molecule has 0 saturated heterocycles. The summed E-state index contributed by atoms with van der Waals surface area (Å²) in [6, 6.07) is 2.90. The van der Waals surface area contributed by atoms with Crippen molar-refractivity contribution < 1.29 is 0 Å². The Morgan fingerprint density at radius 3 is 3.11 bits per heavy atom. The summed E-state index contributed by atoms with van der Waals surface area (Å²) in [6.07, 6.45) is 12.2. The van der Waals surface area contributed by atoms with Crippen molar-refractivity contribution in [2.75, 3.05) is 6.54 Å². The summed E-state index contributed by atoms with van der Waals surface area (Å²) in [7, 11) is 0. The van der Waals surface area contributed by atoms with Crippen molar-refractivity contribution in [3.05, 3.63) is 42.2 Å². The Labute approximate surface area is 114 Å². The maximum atomic E-state index is 4.28. The minimum absolute atomic E-state index is 0.707. The fourth-order valence-electron chi connectivity index (χ4n) is 2.43. The quantitative estimate of drug-likeness (QED) is 0.775. The van der Waals surface area contributed by atoms with Gasteiger partial charge in [0.1, 0.15) is 0 Å². The van der Waals surface area contributed by atoms with E-state index in [1.165, 1.54) is 30.5 Å². The first kappa shape index (κ1) is 12.5. The molecular weight excluding hydrogens is 236 g/mol. The molecule has 2 aromatic rings. The Balaban J connectivity index is 1.61. The monoisotopic (exact) mass is 258 g/mol. The number of rotatable bonds is 7. The molecule has 0 aromatic carbocycles. The second kappa shape index (κ2) is 5.61. The summed E-state index contributed by atoms with van der Waals surface area (Å²) >= 11 is 0. The molecule has 4 heteroatoms. The van der Waals surface area contributed by atoms with Crippen LogP contribution in [0.15, 0.2) is 31.0 Å². The van der Waals surface area contributed by atoms with E-state index in [9.17, 15) is 0 Å². The van der Waals surface area contributed by atoms with Crippen LogP contribution in [0.1, 0.15) is 43.5 Å². The highest BCUT2D eigenvalue weighted by molar-refractivity contribution is 5.12. The summed E-state index contributed by atoms with van der Waals surface area (Å²) in [5.74, 6) is 0. The average Bonchev–Trinajstić information content (AvgIpc) is 2.99. The van der Waals surface area contributed by atoms with Crippen molar-refractivity contribution in [1.29, 1.82) is 0 Å². The minimum Gasteiger partial charge on any atom is -0.348 e. The van der Waals surface area contributed by atoms with Crippen molar-refractivity contribution in [3.63, 3.8) is 0 Å². The molecule has 1 aliphatic rings. The second-order valence-electron chi connectivity index (χ2n) is 5.39. The molecule has 102 valence electrons. The highest BCUT2D eigenvalue weighted by Gasteiger charge is 2.25. The van der Waals surface area contributed by atoms with Crippen molar-refractivity contribution in [1.82, 2.24) is 19.4 Å². The number of hydrogen-bond donors (Lipinski definition) is 1. The van der Waals surface area contributed by atoms with Crippen LogP contribution < -0.4 is 5.32 Å². The first-order valence-corrected chi connectivity index (χ1v) is 7.23. The summed E-state index contributed by atoms with van der Waals surface area (Å²) < 4.78 is 4.58. The molecule has 2 aromatic heterocycles. The van der Waals surface area contributed by atoms with Gasteiger partial charge in [-0.25, -0.2) is 4.98 Å². The Morgan fingerprint density at radius 1 is 1.42 bits per heavy atom. The zero-order chi connectivity index (χ0) is 13.1. The molecule has 0 unspecified atom stereocenters.